The highest BCUT2D eigenvalue weighted by Gasteiger charge is 2.12. The van der Waals surface area contributed by atoms with Crippen molar-refractivity contribution >= 4 is 29.0 Å². The summed E-state index contributed by atoms with van der Waals surface area (Å²) in [4.78, 5) is 23.4. The molecule has 0 aromatic heterocycles. The molecule has 114 valence electrons. The maximum atomic E-state index is 11.9. The molecule has 22 heavy (non-hydrogen) atoms. The normalized spacial score (nSPS) is 10.3. The third kappa shape index (κ3) is 4.33. The van der Waals surface area contributed by atoms with Gasteiger partial charge in [-0.15, -0.1) is 11.8 Å². The van der Waals surface area contributed by atoms with Gasteiger partial charge in [-0.05, 0) is 32.0 Å². The van der Waals surface area contributed by atoms with Gasteiger partial charge in [0.25, 0.3) is 5.69 Å². The second-order valence-electron chi connectivity index (χ2n) is 4.91. The van der Waals surface area contributed by atoms with Crippen molar-refractivity contribution in [3.05, 3.63) is 63.7 Å². The van der Waals surface area contributed by atoms with Crippen LogP contribution in [0.1, 0.15) is 11.1 Å². The summed E-state index contributed by atoms with van der Waals surface area (Å²) in [5.41, 5.74) is 2.17. The highest BCUT2D eigenvalue weighted by atomic mass is 32.2. The number of nitrogens with one attached hydrogen (secondary N) is 1. The van der Waals surface area contributed by atoms with Gasteiger partial charge < -0.3 is 5.32 Å². The number of nitro groups is 1. The molecule has 5 nitrogen and oxygen atoms in total. The SMILES string of the molecule is Cc1ccc(SCC(=O)Nc2ccc(C)c([N+](=O)[O-])c2)cc1. The zero-order chi connectivity index (χ0) is 16.1. The zero-order valence-corrected chi connectivity index (χ0v) is 13.1. The fourth-order valence-electron chi connectivity index (χ4n) is 1.86. The molecule has 0 aliphatic heterocycles. The molecule has 0 fully saturated rings. The van der Waals surface area contributed by atoms with Gasteiger partial charge in [-0.25, -0.2) is 0 Å². The lowest BCUT2D eigenvalue weighted by Gasteiger charge is -2.06. The van der Waals surface area contributed by atoms with Crippen LogP contribution >= 0.6 is 11.8 Å². The summed E-state index contributed by atoms with van der Waals surface area (Å²) in [5.74, 6) is 0.0637. The molecule has 0 radical (unpaired) electrons. The van der Waals surface area contributed by atoms with Crippen LogP contribution in [0.4, 0.5) is 11.4 Å². The summed E-state index contributed by atoms with van der Waals surface area (Å²) >= 11 is 1.42. The van der Waals surface area contributed by atoms with E-state index in [9.17, 15) is 14.9 Å². The molecule has 0 bridgehead atoms. The lowest BCUT2D eigenvalue weighted by molar-refractivity contribution is -0.385. The highest BCUT2D eigenvalue weighted by molar-refractivity contribution is 8.00. The summed E-state index contributed by atoms with van der Waals surface area (Å²) in [6.07, 6.45) is 0. The van der Waals surface area contributed by atoms with E-state index in [-0.39, 0.29) is 17.3 Å². The Hall–Kier alpha value is -2.34. The quantitative estimate of drug-likeness (QED) is 0.515. The molecule has 0 aliphatic rings. The molecule has 1 amide bonds. The number of nitrogens with zero attached hydrogens (tertiary/aromatic N) is 1. The molecule has 2 aromatic carbocycles. The van der Waals surface area contributed by atoms with E-state index in [1.54, 1.807) is 19.1 Å². The number of thioether (sulfide) groups is 1. The molecule has 0 saturated carbocycles. The van der Waals surface area contributed by atoms with Crippen molar-refractivity contribution in [1.29, 1.82) is 0 Å². The van der Waals surface area contributed by atoms with E-state index in [1.807, 2.05) is 31.2 Å². The van der Waals surface area contributed by atoms with Crippen LogP contribution < -0.4 is 5.32 Å². The Balaban J connectivity index is 1.96. The number of carbonyl (C=O) groups excluding carboxylic acids is 1. The number of amides is 1. The van der Waals surface area contributed by atoms with Crippen LogP contribution in [0.5, 0.6) is 0 Å². The third-order valence-corrected chi connectivity index (χ3v) is 4.09. The first-order valence-electron chi connectivity index (χ1n) is 6.70. The van der Waals surface area contributed by atoms with Gasteiger partial charge in [-0.1, -0.05) is 23.8 Å². The summed E-state index contributed by atoms with van der Waals surface area (Å²) in [6.45, 7) is 3.67. The first-order chi connectivity index (χ1) is 10.5. The Kier molecular flexibility index (Phi) is 5.16. The minimum atomic E-state index is -0.452. The predicted octanol–water partition coefficient (Wildman–Crippen LogP) is 3.94. The van der Waals surface area contributed by atoms with Crippen LogP contribution in [0.2, 0.25) is 0 Å². The standard InChI is InChI=1S/C16H16N2O3S/c1-11-3-7-14(8-4-11)22-10-16(19)17-13-6-5-12(2)15(9-13)18(20)21/h3-9H,10H2,1-2H3,(H,17,19). The minimum Gasteiger partial charge on any atom is -0.325 e. The molecule has 2 rings (SSSR count). The van der Waals surface area contributed by atoms with Crippen molar-refractivity contribution in [2.24, 2.45) is 0 Å². The summed E-state index contributed by atoms with van der Waals surface area (Å²) in [5, 5.41) is 13.6. The number of aryl methyl sites for hydroxylation is 2. The highest BCUT2D eigenvalue weighted by Crippen LogP contribution is 2.23. The topological polar surface area (TPSA) is 72.2 Å². The van der Waals surface area contributed by atoms with Crippen molar-refractivity contribution in [3.63, 3.8) is 0 Å². The van der Waals surface area contributed by atoms with Gasteiger partial charge in [0.05, 0.1) is 10.7 Å². The smallest absolute Gasteiger partial charge is 0.274 e. The van der Waals surface area contributed by atoms with Crippen LogP contribution in [-0.2, 0) is 4.79 Å². The Morgan fingerprint density at radius 3 is 2.50 bits per heavy atom. The van der Waals surface area contributed by atoms with Crippen molar-refractivity contribution in [1.82, 2.24) is 0 Å². The summed E-state index contributed by atoms with van der Waals surface area (Å²) in [7, 11) is 0. The fraction of sp³-hybridized carbons (Fsp3) is 0.188. The molecular formula is C16H16N2O3S. The van der Waals surface area contributed by atoms with E-state index in [0.29, 0.717) is 11.3 Å². The number of hydrogen-bond acceptors (Lipinski definition) is 4. The Labute approximate surface area is 132 Å². The van der Waals surface area contributed by atoms with Gasteiger partial charge in [0.1, 0.15) is 0 Å². The van der Waals surface area contributed by atoms with Crippen molar-refractivity contribution < 1.29 is 9.72 Å². The van der Waals surface area contributed by atoms with Gasteiger partial charge in [0.15, 0.2) is 0 Å². The number of hydrogen-bond donors (Lipinski definition) is 1. The first kappa shape index (κ1) is 16.0. The largest absolute Gasteiger partial charge is 0.325 e. The lowest BCUT2D eigenvalue weighted by Crippen LogP contribution is -2.14. The molecule has 0 aliphatic carbocycles. The van der Waals surface area contributed by atoms with E-state index < -0.39 is 4.92 Å². The average molecular weight is 316 g/mol. The molecule has 0 heterocycles. The second-order valence-corrected chi connectivity index (χ2v) is 5.96. The van der Waals surface area contributed by atoms with E-state index in [2.05, 4.69) is 5.32 Å². The average Bonchev–Trinajstić information content (AvgIpc) is 2.48. The van der Waals surface area contributed by atoms with Crippen LogP contribution in [0, 0.1) is 24.0 Å². The summed E-state index contributed by atoms with van der Waals surface area (Å²) in [6, 6.07) is 12.6. The number of rotatable bonds is 5. The van der Waals surface area contributed by atoms with Gasteiger partial charge in [0.2, 0.25) is 5.91 Å². The molecule has 6 heteroatoms. The zero-order valence-electron chi connectivity index (χ0n) is 12.3. The molecule has 0 spiro atoms. The number of carbonyl (C=O) groups is 1. The van der Waals surface area contributed by atoms with Crippen molar-refractivity contribution in [2.75, 3.05) is 11.1 Å². The molecular weight excluding hydrogens is 300 g/mol. The monoisotopic (exact) mass is 316 g/mol. The maximum Gasteiger partial charge on any atom is 0.274 e. The van der Waals surface area contributed by atoms with Crippen LogP contribution in [0.25, 0.3) is 0 Å². The predicted molar refractivity (Wildman–Crippen MR) is 88.4 cm³/mol. The molecule has 0 unspecified atom stereocenters. The molecule has 2 aromatic rings. The van der Waals surface area contributed by atoms with Crippen LogP contribution in [-0.4, -0.2) is 16.6 Å². The third-order valence-electron chi connectivity index (χ3n) is 3.08. The second kappa shape index (κ2) is 7.09. The van der Waals surface area contributed by atoms with Crippen LogP contribution in [0.3, 0.4) is 0 Å². The summed E-state index contributed by atoms with van der Waals surface area (Å²) < 4.78 is 0. The van der Waals surface area contributed by atoms with Gasteiger partial charge in [0, 0.05) is 22.2 Å². The van der Waals surface area contributed by atoms with Gasteiger partial charge in [-0.3, -0.25) is 14.9 Å². The Bertz CT molecular complexity index is 699. The van der Waals surface area contributed by atoms with Crippen LogP contribution in [0.15, 0.2) is 47.4 Å². The van der Waals surface area contributed by atoms with Gasteiger partial charge in [-0.2, -0.15) is 0 Å². The first-order valence-corrected chi connectivity index (χ1v) is 7.68. The molecule has 0 atom stereocenters. The minimum absolute atomic E-state index is 0.00369. The fourth-order valence-corrected chi connectivity index (χ4v) is 2.56. The molecule has 0 saturated heterocycles. The van der Waals surface area contributed by atoms with E-state index in [0.717, 1.165) is 4.90 Å². The van der Waals surface area contributed by atoms with Crippen molar-refractivity contribution in [2.45, 2.75) is 18.7 Å². The number of benzene rings is 2. The maximum absolute atomic E-state index is 11.9. The van der Waals surface area contributed by atoms with Gasteiger partial charge >= 0.3 is 0 Å². The number of anilines is 1. The van der Waals surface area contributed by atoms with E-state index >= 15 is 0 Å². The molecule has 1 N–H and O–H groups in total. The lowest BCUT2D eigenvalue weighted by atomic mass is 10.2. The van der Waals surface area contributed by atoms with Crippen molar-refractivity contribution in [3.8, 4) is 0 Å². The van der Waals surface area contributed by atoms with E-state index in [4.69, 9.17) is 0 Å². The Morgan fingerprint density at radius 2 is 1.86 bits per heavy atom. The Morgan fingerprint density at radius 1 is 1.18 bits per heavy atom. The van der Waals surface area contributed by atoms with E-state index in [1.165, 1.54) is 23.4 Å². The number of nitro benzene ring substituents is 1.